The van der Waals surface area contributed by atoms with Crippen molar-refractivity contribution >= 4 is 17.7 Å². The van der Waals surface area contributed by atoms with Crippen LogP contribution in [0.25, 0.3) is 22.5 Å². The van der Waals surface area contributed by atoms with Crippen molar-refractivity contribution in [2.75, 3.05) is 6.61 Å². The molecular weight excluding hydrogens is 638 g/mol. The summed E-state index contributed by atoms with van der Waals surface area (Å²) in [6, 6.07) is 22.1. The van der Waals surface area contributed by atoms with E-state index >= 15 is 0 Å². The third-order valence-electron chi connectivity index (χ3n) is 9.12. The van der Waals surface area contributed by atoms with E-state index in [1.807, 2.05) is 67.6 Å². The van der Waals surface area contributed by atoms with Crippen LogP contribution in [0.3, 0.4) is 0 Å². The second kappa shape index (κ2) is 18.9. The molecule has 1 amide bonds. The average Bonchev–Trinajstić information content (AvgIpc) is 3.13. The third kappa shape index (κ3) is 11.9. The van der Waals surface area contributed by atoms with Crippen molar-refractivity contribution in [3.05, 3.63) is 102 Å². The van der Waals surface area contributed by atoms with Gasteiger partial charge in [-0.15, -0.1) is 0 Å². The number of rotatable bonds is 19. The summed E-state index contributed by atoms with van der Waals surface area (Å²) in [6.45, 7) is 11.1. The highest BCUT2D eigenvalue weighted by molar-refractivity contribution is 5.99. The number of ketones is 1. The monoisotopic (exact) mass is 691 g/mol. The fourth-order valence-electron chi connectivity index (χ4n) is 5.93. The molecule has 0 saturated heterocycles. The standard InChI is InChI=1S/C43H53N3O5/c1-6-8-9-10-11-25-51-37-23-19-31(20-24-37)35-28-44-40(45-29-35)33-15-13-30(14-16-33)26-34(41(48)46-38(12-7-2)42(49)50)27-39(47)32-17-21-36(22-18-32)43(3,4)5/h13-24,28-29,34,38H,6-12,25-27H2,1-5H3,(H,46,48)(H,49,50)/t34-,38?/m1/s1. The van der Waals surface area contributed by atoms with Crippen LogP contribution in [-0.4, -0.2) is 45.4 Å². The highest BCUT2D eigenvalue weighted by atomic mass is 16.5. The summed E-state index contributed by atoms with van der Waals surface area (Å²) in [5.74, 6) is -1.02. The van der Waals surface area contributed by atoms with Crippen molar-refractivity contribution in [2.45, 2.75) is 104 Å². The Labute approximate surface area is 303 Å². The van der Waals surface area contributed by atoms with Crippen LogP contribution >= 0.6 is 0 Å². The van der Waals surface area contributed by atoms with Crippen molar-refractivity contribution in [1.82, 2.24) is 15.3 Å². The number of carboxylic acid groups (broad SMARTS) is 1. The van der Waals surface area contributed by atoms with Crippen LogP contribution in [0.5, 0.6) is 5.75 Å². The molecule has 1 aromatic heterocycles. The molecule has 0 aliphatic carbocycles. The van der Waals surface area contributed by atoms with Crippen LogP contribution in [-0.2, 0) is 21.4 Å². The van der Waals surface area contributed by atoms with Crippen molar-refractivity contribution in [3.63, 3.8) is 0 Å². The molecule has 1 unspecified atom stereocenters. The zero-order chi connectivity index (χ0) is 36.8. The molecule has 0 radical (unpaired) electrons. The first kappa shape index (κ1) is 38.9. The minimum Gasteiger partial charge on any atom is -0.494 e. The summed E-state index contributed by atoms with van der Waals surface area (Å²) in [5.41, 5.74) is 5.14. The second-order valence-corrected chi connectivity index (χ2v) is 14.3. The number of carboxylic acids is 1. The van der Waals surface area contributed by atoms with E-state index in [9.17, 15) is 19.5 Å². The first-order chi connectivity index (χ1) is 24.5. The Morgan fingerprint density at radius 3 is 1.98 bits per heavy atom. The zero-order valence-electron chi connectivity index (χ0n) is 30.8. The van der Waals surface area contributed by atoms with E-state index in [-0.39, 0.29) is 24.0 Å². The van der Waals surface area contributed by atoms with Gasteiger partial charge in [0, 0.05) is 41.4 Å². The molecule has 51 heavy (non-hydrogen) atoms. The highest BCUT2D eigenvalue weighted by Crippen LogP contribution is 2.26. The molecule has 0 aliphatic rings. The van der Waals surface area contributed by atoms with E-state index in [0.717, 1.165) is 46.6 Å². The van der Waals surface area contributed by atoms with Crippen LogP contribution in [0.1, 0.15) is 107 Å². The highest BCUT2D eigenvalue weighted by Gasteiger charge is 2.28. The van der Waals surface area contributed by atoms with Gasteiger partial charge >= 0.3 is 5.97 Å². The molecule has 2 N–H and O–H groups in total. The summed E-state index contributed by atoms with van der Waals surface area (Å²) in [6.07, 6.45) is 10.8. The first-order valence-corrected chi connectivity index (χ1v) is 18.3. The number of Topliss-reactive ketones (excluding diaryl/α,β-unsaturated/α-hetero) is 1. The smallest absolute Gasteiger partial charge is 0.326 e. The van der Waals surface area contributed by atoms with Gasteiger partial charge in [0.1, 0.15) is 11.8 Å². The number of amides is 1. The van der Waals surface area contributed by atoms with Crippen LogP contribution in [0.4, 0.5) is 0 Å². The van der Waals surface area contributed by atoms with Crippen LogP contribution in [0, 0.1) is 5.92 Å². The Morgan fingerprint density at radius 1 is 0.765 bits per heavy atom. The number of carbonyl (C=O) groups is 3. The molecule has 0 aliphatic heterocycles. The largest absolute Gasteiger partial charge is 0.494 e. The van der Waals surface area contributed by atoms with E-state index < -0.39 is 23.8 Å². The van der Waals surface area contributed by atoms with Crippen LogP contribution in [0.15, 0.2) is 85.2 Å². The molecule has 0 spiro atoms. The van der Waals surface area contributed by atoms with Gasteiger partial charge in [0.25, 0.3) is 0 Å². The van der Waals surface area contributed by atoms with E-state index in [4.69, 9.17) is 4.74 Å². The molecule has 0 fully saturated rings. The van der Waals surface area contributed by atoms with Gasteiger partial charge in [-0.3, -0.25) is 9.59 Å². The number of nitrogens with one attached hydrogen (secondary N) is 1. The molecule has 0 saturated carbocycles. The summed E-state index contributed by atoms with van der Waals surface area (Å²) >= 11 is 0. The molecule has 4 rings (SSSR count). The van der Waals surface area contributed by atoms with E-state index in [0.29, 0.717) is 24.2 Å². The molecule has 3 aromatic carbocycles. The molecule has 0 bridgehead atoms. The Hall–Kier alpha value is -4.85. The topological polar surface area (TPSA) is 118 Å². The Morgan fingerprint density at radius 2 is 1.39 bits per heavy atom. The minimum absolute atomic E-state index is 0.0440. The normalized spacial score (nSPS) is 12.6. The lowest BCUT2D eigenvalue weighted by Gasteiger charge is -2.21. The number of benzene rings is 3. The SMILES string of the molecule is CCCCCCCOc1ccc(-c2cnc(-c3ccc(C[C@H](CC(=O)c4ccc(C(C)(C)C)cc4)C(=O)NC(CCC)C(=O)O)cc3)nc2)cc1. The van der Waals surface area contributed by atoms with Crippen molar-refractivity contribution < 1.29 is 24.2 Å². The van der Waals surface area contributed by atoms with E-state index in [1.54, 1.807) is 24.5 Å². The van der Waals surface area contributed by atoms with Gasteiger partial charge in [0.2, 0.25) is 5.91 Å². The molecule has 2 atom stereocenters. The molecule has 8 heteroatoms. The van der Waals surface area contributed by atoms with Gasteiger partial charge in [-0.25, -0.2) is 14.8 Å². The Kier molecular flexibility index (Phi) is 14.5. The number of carbonyl (C=O) groups excluding carboxylic acids is 2. The number of unbranched alkanes of at least 4 members (excludes halogenated alkanes) is 4. The quantitative estimate of drug-likeness (QED) is 0.0743. The Bertz CT molecular complexity index is 1690. The molecule has 270 valence electrons. The lowest BCUT2D eigenvalue weighted by Crippen LogP contribution is -2.44. The average molecular weight is 692 g/mol. The van der Waals surface area contributed by atoms with E-state index in [2.05, 4.69) is 43.0 Å². The summed E-state index contributed by atoms with van der Waals surface area (Å²) in [4.78, 5) is 47.9. The zero-order valence-corrected chi connectivity index (χ0v) is 30.8. The molecule has 4 aromatic rings. The van der Waals surface area contributed by atoms with Gasteiger partial charge in [-0.2, -0.15) is 0 Å². The van der Waals surface area contributed by atoms with Gasteiger partial charge in [0.15, 0.2) is 11.6 Å². The number of ether oxygens (including phenoxy) is 1. The summed E-state index contributed by atoms with van der Waals surface area (Å²) in [7, 11) is 0. The van der Waals surface area contributed by atoms with Gasteiger partial charge in [-0.1, -0.05) is 127 Å². The molecule has 8 nitrogen and oxygen atoms in total. The van der Waals surface area contributed by atoms with Gasteiger partial charge < -0.3 is 15.2 Å². The Balaban J connectivity index is 1.42. The lowest BCUT2D eigenvalue weighted by atomic mass is 9.85. The van der Waals surface area contributed by atoms with Crippen molar-refractivity contribution in [2.24, 2.45) is 5.92 Å². The summed E-state index contributed by atoms with van der Waals surface area (Å²) < 4.78 is 5.90. The summed E-state index contributed by atoms with van der Waals surface area (Å²) in [5, 5.41) is 12.3. The minimum atomic E-state index is -1.09. The number of hydrogen-bond acceptors (Lipinski definition) is 6. The maximum atomic E-state index is 13.5. The number of aliphatic carboxylic acids is 1. The van der Waals surface area contributed by atoms with Crippen LogP contribution < -0.4 is 10.1 Å². The molecule has 1 heterocycles. The van der Waals surface area contributed by atoms with Gasteiger partial charge in [0.05, 0.1) is 6.61 Å². The van der Waals surface area contributed by atoms with Gasteiger partial charge in [-0.05, 0) is 53.5 Å². The van der Waals surface area contributed by atoms with E-state index in [1.165, 1.54) is 25.7 Å². The van der Waals surface area contributed by atoms with Crippen LogP contribution in [0.2, 0.25) is 0 Å². The maximum Gasteiger partial charge on any atom is 0.326 e. The fraction of sp³-hybridized carbons (Fsp3) is 0.419. The fourth-order valence-corrected chi connectivity index (χ4v) is 5.93. The number of hydrogen-bond donors (Lipinski definition) is 2. The first-order valence-electron chi connectivity index (χ1n) is 18.3. The maximum absolute atomic E-state index is 13.5. The predicted octanol–water partition coefficient (Wildman–Crippen LogP) is 9.26. The lowest BCUT2D eigenvalue weighted by molar-refractivity contribution is -0.142. The third-order valence-corrected chi connectivity index (χ3v) is 9.12. The number of aromatic nitrogens is 2. The number of nitrogens with zero attached hydrogens (tertiary/aromatic N) is 2. The van der Waals surface area contributed by atoms with Crippen molar-refractivity contribution in [3.8, 4) is 28.3 Å². The second-order valence-electron chi connectivity index (χ2n) is 14.3. The predicted molar refractivity (Wildman–Crippen MR) is 203 cm³/mol. The molecular formula is C43H53N3O5. The van der Waals surface area contributed by atoms with Crippen molar-refractivity contribution in [1.29, 1.82) is 0 Å².